The van der Waals surface area contributed by atoms with Crippen LogP contribution in [-0.2, 0) is 23.8 Å². The highest BCUT2D eigenvalue weighted by Crippen LogP contribution is 2.27. The van der Waals surface area contributed by atoms with Crippen LogP contribution in [0.3, 0.4) is 0 Å². The molecule has 4 rings (SSSR count). The van der Waals surface area contributed by atoms with Crippen LogP contribution in [0.5, 0.6) is 0 Å². The molecule has 176 valence electrons. The van der Waals surface area contributed by atoms with Crippen molar-refractivity contribution in [3.8, 4) is 0 Å². The van der Waals surface area contributed by atoms with Crippen molar-refractivity contribution >= 4 is 40.1 Å². The maximum Gasteiger partial charge on any atom is 0.294 e. The summed E-state index contributed by atoms with van der Waals surface area (Å²) in [6.45, 7) is -1.15. The Morgan fingerprint density at radius 3 is 2.74 bits per heavy atom. The zero-order chi connectivity index (χ0) is 24.3. The Hall–Kier alpha value is -3.99. The lowest BCUT2D eigenvalue weighted by atomic mass is 10.1. The number of hydrogen-bond donors (Lipinski definition) is 3. The molecule has 0 spiro atoms. The molecular weight excluding hydrogens is 470 g/mol. The Morgan fingerprint density at radius 2 is 1.97 bits per heavy atom. The average molecular weight is 489 g/mol. The van der Waals surface area contributed by atoms with Gasteiger partial charge in [-0.25, -0.2) is 4.98 Å². The molecule has 4 aromatic rings. The Bertz CT molecular complexity index is 1390. The van der Waals surface area contributed by atoms with Gasteiger partial charge in [0.15, 0.2) is 17.2 Å². The van der Waals surface area contributed by atoms with Gasteiger partial charge in [-0.05, 0) is 17.7 Å². The predicted molar refractivity (Wildman–Crippen MR) is 123 cm³/mol. The Morgan fingerprint density at radius 1 is 1.21 bits per heavy atom. The third-order valence-corrected chi connectivity index (χ3v) is 5.34. The highest BCUT2D eigenvalue weighted by atomic mass is 35.5. The summed E-state index contributed by atoms with van der Waals surface area (Å²) in [4.78, 5) is 28.9. The second kappa shape index (κ2) is 9.48. The number of amides is 1. The van der Waals surface area contributed by atoms with Gasteiger partial charge in [0.2, 0.25) is 5.91 Å². The Labute approximate surface area is 196 Å². The van der Waals surface area contributed by atoms with E-state index in [2.05, 4.69) is 20.8 Å². The summed E-state index contributed by atoms with van der Waals surface area (Å²) >= 11 is 6.03. The fraction of sp³-hybridized carbons (Fsp3) is 0.182. The van der Waals surface area contributed by atoms with E-state index in [4.69, 9.17) is 21.9 Å². The van der Waals surface area contributed by atoms with Crippen LogP contribution in [0.4, 0.5) is 20.4 Å². The van der Waals surface area contributed by atoms with Crippen LogP contribution in [0.25, 0.3) is 11.0 Å². The van der Waals surface area contributed by atoms with Crippen molar-refractivity contribution in [3.05, 3.63) is 81.4 Å². The lowest BCUT2D eigenvalue weighted by Gasteiger charge is -2.18. The number of nitrogens with two attached hydrogens (primary N) is 1. The number of rotatable bonds is 8. The van der Waals surface area contributed by atoms with Gasteiger partial charge in [-0.3, -0.25) is 14.2 Å². The lowest BCUT2D eigenvalue weighted by molar-refractivity contribution is -0.121. The molecule has 2 aromatic carbocycles. The number of fused-ring (bicyclic) bond motifs is 1. The summed E-state index contributed by atoms with van der Waals surface area (Å²) in [7, 11) is 0. The molecule has 0 atom stereocenters. The van der Waals surface area contributed by atoms with Gasteiger partial charge in [0.05, 0.1) is 18.1 Å². The lowest BCUT2D eigenvalue weighted by Crippen LogP contribution is -2.35. The molecule has 34 heavy (non-hydrogen) atoms. The number of nitrogens with zero attached hydrogens (tertiary/aromatic N) is 3. The molecule has 0 fully saturated rings. The third-order valence-electron chi connectivity index (χ3n) is 5.04. The molecule has 2 heterocycles. The van der Waals surface area contributed by atoms with Crippen LogP contribution in [0.1, 0.15) is 11.1 Å². The van der Waals surface area contributed by atoms with E-state index in [1.54, 1.807) is 24.3 Å². The zero-order valence-electron chi connectivity index (χ0n) is 17.6. The second-order valence-corrected chi connectivity index (χ2v) is 7.81. The van der Waals surface area contributed by atoms with Crippen LogP contribution in [0.2, 0.25) is 5.15 Å². The van der Waals surface area contributed by atoms with Crippen LogP contribution in [0, 0.1) is 0 Å². The first kappa shape index (κ1) is 23.2. The molecule has 4 N–H and O–H groups in total. The van der Waals surface area contributed by atoms with Crippen molar-refractivity contribution in [1.29, 1.82) is 0 Å². The summed E-state index contributed by atoms with van der Waals surface area (Å²) in [5, 5.41) is 9.23. The normalized spacial score (nSPS) is 11.5. The van der Waals surface area contributed by atoms with E-state index in [-0.39, 0.29) is 28.9 Å². The van der Waals surface area contributed by atoms with Gasteiger partial charge in [0.25, 0.3) is 11.5 Å². The van der Waals surface area contributed by atoms with E-state index in [9.17, 15) is 18.4 Å². The predicted octanol–water partition coefficient (Wildman–Crippen LogP) is 3.14. The monoisotopic (exact) mass is 488 g/mol. The highest BCUT2D eigenvalue weighted by Gasteiger charge is 2.31. The van der Waals surface area contributed by atoms with Gasteiger partial charge >= 0.3 is 0 Å². The zero-order valence-corrected chi connectivity index (χ0v) is 18.4. The molecule has 2 aromatic heterocycles. The first-order valence-electron chi connectivity index (χ1n) is 10.1. The number of carbonyl (C=O) groups is 1. The van der Waals surface area contributed by atoms with E-state index in [0.29, 0.717) is 11.0 Å². The summed E-state index contributed by atoms with van der Waals surface area (Å²) in [5.41, 5.74) is 5.86. The van der Waals surface area contributed by atoms with Gasteiger partial charge in [0.1, 0.15) is 11.7 Å². The van der Waals surface area contributed by atoms with Crippen LogP contribution in [0.15, 0.2) is 64.0 Å². The minimum Gasteiger partial charge on any atom is -0.380 e. The SMILES string of the molecule is Nc1noc2cc(CNC(=O)Cn3c(Cl)cnc(NCC(F)(F)c4ccccc4)c3=O)ccc12. The smallest absolute Gasteiger partial charge is 0.294 e. The first-order valence-corrected chi connectivity index (χ1v) is 10.5. The van der Waals surface area contributed by atoms with Crippen LogP contribution >= 0.6 is 11.6 Å². The van der Waals surface area contributed by atoms with Gasteiger partial charge in [-0.15, -0.1) is 0 Å². The summed E-state index contributed by atoms with van der Waals surface area (Å²) in [6.07, 6.45) is 1.11. The number of carbonyl (C=O) groups excluding carboxylic acids is 1. The number of halogens is 3. The maximum atomic E-state index is 14.4. The van der Waals surface area contributed by atoms with Crippen molar-refractivity contribution < 1.29 is 18.1 Å². The molecule has 9 nitrogen and oxygen atoms in total. The number of aromatic nitrogens is 3. The molecule has 1 amide bonds. The molecule has 0 aliphatic carbocycles. The number of nitrogen functional groups attached to an aromatic ring is 1. The summed E-state index contributed by atoms with van der Waals surface area (Å²) in [6, 6.07) is 12.3. The van der Waals surface area contributed by atoms with Crippen molar-refractivity contribution in [2.24, 2.45) is 0 Å². The number of nitrogens with one attached hydrogen (secondary N) is 2. The van der Waals surface area contributed by atoms with Crippen LogP contribution in [-0.4, -0.2) is 27.2 Å². The van der Waals surface area contributed by atoms with E-state index in [1.807, 2.05) is 0 Å². The fourth-order valence-corrected chi connectivity index (χ4v) is 3.41. The Balaban J connectivity index is 1.41. The quantitative estimate of drug-likeness (QED) is 0.347. The molecule has 0 unspecified atom stereocenters. The van der Waals surface area contributed by atoms with Gasteiger partial charge in [0, 0.05) is 12.1 Å². The standard InChI is InChI=1S/C22H19ClF2N6O3/c23-17-10-28-20(29-12-22(24,25)14-4-2-1-3-5-14)21(33)31(17)11-18(32)27-9-13-6-7-15-16(8-13)34-30-19(15)26/h1-8,10H,9,11-12H2,(H2,26,30)(H,27,32)(H,28,29). The minimum absolute atomic E-state index is 0.112. The maximum absolute atomic E-state index is 14.4. The number of anilines is 2. The van der Waals surface area contributed by atoms with Crippen molar-refractivity contribution in [1.82, 2.24) is 20.0 Å². The van der Waals surface area contributed by atoms with E-state index in [0.717, 1.165) is 16.3 Å². The van der Waals surface area contributed by atoms with Crippen molar-refractivity contribution in [2.45, 2.75) is 19.0 Å². The molecule has 0 saturated heterocycles. The third kappa shape index (κ3) is 4.99. The molecule has 0 aliphatic rings. The van der Waals surface area contributed by atoms with E-state index in [1.165, 1.54) is 24.3 Å². The van der Waals surface area contributed by atoms with Crippen molar-refractivity contribution in [3.63, 3.8) is 0 Å². The van der Waals surface area contributed by atoms with Gasteiger partial charge in [-0.2, -0.15) is 8.78 Å². The molecule has 0 bridgehead atoms. The number of hydrogen-bond acceptors (Lipinski definition) is 7. The summed E-state index contributed by atoms with van der Waals surface area (Å²) < 4.78 is 34.9. The molecule has 0 aliphatic heterocycles. The highest BCUT2D eigenvalue weighted by molar-refractivity contribution is 6.29. The van der Waals surface area contributed by atoms with E-state index < -0.39 is 30.5 Å². The molecular formula is C22H19ClF2N6O3. The summed E-state index contributed by atoms with van der Waals surface area (Å²) in [5.74, 6) is -3.84. The first-order chi connectivity index (χ1) is 16.2. The molecule has 12 heteroatoms. The Kier molecular flexibility index (Phi) is 6.46. The fourth-order valence-electron chi connectivity index (χ4n) is 3.23. The average Bonchev–Trinajstić information content (AvgIpc) is 3.20. The van der Waals surface area contributed by atoms with Crippen LogP contribution < -0.4 is 21.9 Å². The second-order valence-electron chi connectivity index (χ2n) is 7.42. The largest absolute Gasteiger partial charge is 0.380 e. The number of alkyl halides is 2. The minimum atomic E-state index is -3.24. The molecule has 0 radical (unpaired) electrons. The number of benzene rings is 2. The van der Waals surface area contributed by atoms with Gasteiger partial charge in [-0.1, -0.05) is 53.2 Å². The van der Waals surface area contributed by atoms with E-state index >= 15 is 0 Å². The molecule has 0 saturated carbocycles. The topological polar surface area (TPSA) is 128 Å². The van der Waals surface area contributed by atoms with Crippen molar-refractivity contribution in [2.75, 3.05) is 17.6 Å². The van der Waals surface area contributed by atoms with Gasteiger partial charge < -0.3 is 20.9 Å².